The van der Waals surface area contributed by atoms with E-state index in [1.807, 2.05) is 13.8 Å². The van der Waals surface area contributed by atoms with Crippen LogP contribution in [0.3, 0.4) is 0 Å². The number of hydrogen-bond acceptors (Lipinski definition) is 2. The van der Waals surface area contributed by atoms with Crippen molar-refractivity contribution in [3.8, 4) is 0 Å². The zero-order valence-corrected chi connectivity index (χ0v) is 10.6. The molecule has 0 amide bonds. The molecule has 0 aliphatic heterocycles. The minimum Gasteiger partial charge on any atom is -0.374 e. The third kappa shape index (κ3) is 3.62. The minimum absolute atomic E-state index is 0.328. The van der Waals surface area contributed by atoms with Gasteiger partial charge in [0.05, 0.1) is 13.9 Å². The normalized spacial score (nSPS) is 21.1. The minimum atomic E-state index is -2.13. The van der Waals surface area contributed by atoms with E-state index in [1.54, 1.807) is 27.7 Å². The molecule has 0 aliphatic rings. The van der Waals surface area contributed by atoms with Crippen LogP contribution in [-0.2, 0) is 9.47 Å². The van der Waals surface area contributed by atoms with Crippen LogP contribution in [0.5, 0.6) is 0 Å². The number of methoxy groups -OCH3 is 1. The zero-order valence-electron chi connectivity index (χ0n) is 15.6. The summed E-state index contributed by atoms with van der Waals surface area (Å²) in [4.78, 5) is 0. The Balaban J connectivity index is 5.16. The molecule has 0 aromatic heterocycles. The van der Waals surface area contributed by atoms with Crippen molar-refractivity contribution in [3.05, 3.63) is 11.1 Å². The van der Waals surface area contributed by atoms with Crippen LogP contribution in [0, 0.1) is 0 Å². The van der Waals surface area contributed by atoms with E-state index in [4.69, 9.17) is 16.3 Å². The van der Waals surface area contributed by atoms with Crippen LogP contribution in [0.4, 0.5) is 0 Å². The van der Waals surface area contributed by atoms with Crippen LogP contribution < -0.4 is 0 Å². The summed E-state index contributed by atoms with van der Waals surface area (Å²) in [6, 6.07) is 0. The first-order valence-corrected chi connectivity index (χ1v) is 5.04. The monoisotopic (exact) mass is 219 g/mol. The summed E-state index contributed by atoms with van der Waals surface area (Å²) in [6.07, 6.45) is 0. The van der Waals surface area contributed by atoms with Crippen molar-refractivity contribution in [2.24, 2.45) is 0 Å². The van der Waals surface area contributed by atoms with E-state index in [9.17, 15) is 0 Å². The smallest absolute Gasteiger partial charge is 0.0836 e. The molecule has 0 saturated heterocycles. The SMILES string of the molecule is [2H]C([2H])OC(C)(C)/C(C)=C(/C)C(C)(C)OCC([2H])([2H])[2H]. The lowest BCUT2D eigenvalue weighted by atomic mass is 9.87. The molecule has 0 bridgehead atoms. The second kappa shape index (κ2) is 5.13. The fourth-order valence-electron chi connectivity index (χ4n) is 1.28. The quantitative estimate of drug-likeness (QED) is 0.658. The van der Waals surface area contributed by atoms with Crippen LogP contribution in [0.25, 0.3) is 0 Å². The Bertz CT molecular complexity index is 356. The third-order valence-corrected chi connectivity index (χ3v) is 3.10. The molecule has 0 rings (SSSR count). The maximum absolute atomic E-state index is 7.20. The van der Waals surface area contributed by atoms with Gasteiger partial charge < -0.3 is 9.47 Å². The van der Waals surface area contributed by atoms with Crippen LogP contribution in [-0.4, -0.2) is 24.9 Å². The molecule has 0 unspecified atom stereocenters. The molecule has 0 heterocycles. The summed E-state index contributed by atoms with van der Waals surface area (Å²) in [5.74, 6) is 0. The molecule has 0 radical (unpaired) electrons. The molecule has 0 aromatic carbocycles. The van der Waals surface area contributed by atoms with Gasteiger partial charge in [-0.2, -0.15) is 0 Å². The highest BCUT2D eigenvalue weighted by Crippen LogP contribution is 2.30. The van der Waals surface area contributed by atoms with E-state index in [0.29, 0.717) is 0 Å². The molecule has 0 N–H and O–H groups in total. The molecule has 15 heavy (non-hydrogen) atoms. The van der Waals surface area contributed by atoms with Gasteiger partial charge in [0.1, 0.15) is 0 Å². The molecule has 0 aromatic rings. The molecule has 0 saturated carbocycles. The van der Waals surface area contributed by atoms with Gasteiger partial charge in [0, 0.05) is 17.8 Å². The highest BCUT2D eigenvalue weighted by atomic mass is 16.5. The van der Waals surface area contributed by atoms with Crippen LogP contribution in [0.2, 0.25) is 0 Å². The number of ether oxygens (including phenoxy) is 2. The summed E-state index contributed by atoms with van der Waals surface area (Å²) < 4.78 is 46.8. The fourth-order valence-corrected chi connectivity index (χ4v) is 1.28. The first kappa shape index (κ1) is 7.86. The van der Waals surface area contributed by atoms with Crippen molar-refractivity contribution < 1.29 is 16.3 Å². The van der Waals surface area contributed by atoms with Crippen molar-refractivity contribution in [2.45, 2.75) is 59.6 Å². The summed E-state index contributed by atoms with van der Waals surface area (Å²) in [6.45, 7) is 8.39. The summed E-state index contributed by atoms with van der Waals surface area (Å²) >= 11 is 0. The van der Waals surface area contributed by atoms with Gasteiger partial charge in [0.25, 0.3) is 0 Å². The van der Waals surface area contributed by atoms with Gasteiger partial charge >= 0.3 is 0 Å². The van der Waals surface area contributed by atoms with E-state index >= 15 is 0 Å². The third-order valence-electron chi connectivity index (χ3n) is 3.10. The molecule has 0 aliphatic carbocycles. The molecule has 2 heteroatoms. The van der Waals surface area contributed by atoms with E-state index in [2.05, 4.69) is 0 Å². The molecular formula is C13H26O2. The topological polar surface area (TPSA) is 18.5 Å². The summed E-state index contributed by atoms with van der Waals surface area (Å²) in [5, 5.41) is 0. The standard InChI is InChI=1S/C13H26O2/c1-9-15-13(6,7)11(3)10(2)12(4,5)14-8/h9H2,1-8H3/b11-10-/i1D3,8D2. The Morgan fingerprint density at radius 2 is 1.60 bits per heavy atom. The van der Waals surface area contributed by atoms with Crippen molar-refractivity contribution in [1.82, 2.24) is 0 Å². The van der Waals surface area contributed by atoms with E-state index in [-0.39, 0.29) is 6.61 Å². The Hall–Kier alpha value is -0.340. The first-order valence-electron chi connectivity index (χ1n) is 7.69. The molecule has 2 nitrogen and oxygen atoms in total. The molecule has 90 valence electrons. The largest absolute Gasteiger partial charge is 0.374 e. The Morgan fingerprint density at radius 3 is 2.07 bits per heavy atom. The van der Waals surface area contributed by atoms with Gasteiger partial charge in [-0.05, 0) is 59.5 Å². The second-order valence-electron chi connectivity index (χ2n) is 4.68. The van der Waals surface area contributed by atoms with Crippen molar-refractivity contribution in [1.29, 1.82) is 0 Å². The molecule has 0 fully saturated rings. The highest BCUT2D eigenvalue weighted by molar-refractivity contribution is 5.25. The number of rotatable bonds is 5. The Morgan fingerprint density at radius 1 is 1.07 bits per heavy atom. The lowest BCUT2D eigenvalue weighted by Crippen LogP contribution is -2.32. The van der Waals surface area contributed by atoms with Gasteiger partial charge in [-0.1, -0.05) is 0 Å². The predicted octanol–water partition coefficient (Wildman–Crippen LogP) is 3.56. The van der Waals surface area contributed by atoms with Crippen LogP contribution >= 0.6 is 0 Å². The van der Waals surface area contributed by atoms with Gasteiger partial charge in [-0.15, -0.1) is 0 Å². The van der Waals surface area contributed by atoms with Gasteiger partial charge in [-0.25, -0.2) is 0 Å². The van der Waals surface area contributed by atoms with E-state index in [0.717, 1.165) is 11.1 Å². The molecular weight excluding hydrogens is 188 g/mol. The van der Waals surface area contributed by atoms with Gasteiger partial charge in [0.15, 0.2) is 0 Å². The maximum atomic E-state index is 7.20. The zero-order chi connectivity index (χ0) is 16.4. The van der Waals surface area contributed by atoms with E-state index < -0.39 is 25.1 Å². The first-order chi connectivity index (χ1) is 8.69. The maximum Gasteiger partial charge on any atom is 0.0836 e. The lowest BCUT2D eigenvalue weighted by Gasteiger charge is -2.33. The number of hydrogen-bond donors (Lipinski definition) is 0. The van der Waals surface area contributed by atoms with Crippen molar-refractivity contribution in [3.63, 3.8) is 0 Å². The average Bonchev–Trinajstić information content (AvgIpc) is 2.21. The summed E-state index contributed by atoms with van der Waals surface area (Å²) in [5.41, 5.74) is 0.141. The average molecular weight is 219 g/mol. The van der Waals surface area contributed by atoms with E-state index in [1.165, 1.54) is 0 Å². The van der Waals surface area contributed by atoms with Crippen LogP contribution in [0.15, 0.2) is 11.1 Å². The fraction of sp³-hybridized carbons (Fsp3) is 0.846. The van der Waals surface area contributed by atoms with Crippen molar-refractivity contribution in [2.75, 3.05) is 13.7 Å². The summed E-state index contributed by atoms with van der Waals surface area (Å²) in [7, 11) is -1.38. The van der Waals surface area contributed by atoms with Crippen molar-refractivity contribution >= 4 is 0 Å². The predicted molar refractivity (Wildman–Crippen MR) is 65.2 cm³/mol. The highest BCUT2D eigenvalue weighted by Gasteiger charge is 2.28. The molecule has 0 atom stereocenters. The lowest BCUT2D eigenvalue weighted by molar-refractivity contribution is 0.0110. The molecule has 0 spiro atoms. The van der Waals surface area contributed by atoms with Gasteiger partial charge in [-0.3, -0.25) is 0 Å². The van der Waals surface area contributed by atoms with Gasteiger partial charge in [0.2, 0.25) is 0 Å². The van der Waals surface area contributed by atoms with Crippen LogP contribution in [0.1, 0.15) is 55.2 Å². The Labute approximate surface area is 102 Å². The Kier molecular flexibility index (Phi) is 2.69. The second-order valence-corrected chi connectivity index (χ2v) is 4.68.